The molecule has 162 valence electrons. The van der Waals surface area contributed by atoms with Gasteiger partial charge < -0.3 is 0 Å². The van der Waals surface area contributed by atoms with Crippen LogP contribution in [0.25, 0.3) is 0 Å². The molecule has 1 aliphatic rings. The van der Waals surface area contributed by atoms with Crippen molar-refractivity contribution in [2.45, 2.75) is 37.2 Å². The summed E-state index contributed by atoms with van der Waals surface area (Å²) < 4.78 is 42.5. The first-order valence-corrected chi connectivity index (χ1v) is 11.9. The number of aromatic nitrogens is 1. The molecule has 2 heterocycles. The van der Waals surface area contributed by atoms with Gasteiger partial charge in [-0.25, -0.2) is 12.8 Å². The summed E-state index contributed by atoms with van der Waals surface area (Å²) in [6.45, 7) is 4.19. The van der Waals surface area contributed by atoms with Gasteiger partial charge in [0.1, 0.15) is 5.82 Å². The van der Waals surface area contributed by atoms with E-state index in [1.807, 2.05) is 18.2 Å². The van der Waals surface area contributed by atoms with E-state index in [1.165, 1.54) is 22.0 Å². The molecule has 0 bridgehead atoms. The number of sulfonamides is 1. The van der Waals surface area contributed by atoms with E-state index in [0.29, 0.717) is 29.0 Å². The Labute approximate surface area is 183 Å². The highest BCUT2D eigenvalue weighted by molar-refractivity contribution is 7.93. The number of hydrogen-bond acceptors (Lipinski definition) is 4. The first-order chi connectivity index (χ1) is 14.9. The normalized spacial score (nSPS) is 15.7. The molecular formula is C24H26FN3O2S. The van der Waals surface area contributed by atoms with Crippen molar-refractivity contribution in [3.05, 3.63) is 90.0 Å². The number of aryl methyl sites for hydroxylation is 1. The minimum Gasteiger partial charge on any atom is -0.299 e. The fraction of sp³-hybridized carbons (Fsp3) is 0.292. The van der Waals surface area contributed by atoms with E-state index in [9.17, 15) is 12.8 Å². The Morgan fingerprint density at radius 2 is 1.65 bits per heavy atom. The van der Waals surface area contributed by atoms with Crippen LogP contribution in [0.5, 0.6) is 0 Å². The number of pyridine rings is 1. The predicted octanol–water partition coefficient (Wildman–Crippen LogP) is 4.39. The van der Waals surface area contributed by atoms with Gasteiger partial charge in [-0.15, -0.1) is 0 Å². The first-order valence-electron chi connectivity index (χ1n) is 10.4. The van der Waals surface area contributed by atoms with Crippen LogP contribution in [0.4, 0.5) is 10.1 Å². The quantitative estimate of drug-likeness (QED) is 0.572. The third-order valence-electron chi connectivity index (χ3n) is 5.76. The van der Waals surface area contributed by atoms with Crippen molar-refractivity contribution in [1.82, 2.24) is 9.88 Å². The van der Waals surface area contributed by atoms with Crippen molar-refractivity contribution in [1.29, 1.82) is 0 Å². The number of anilines is 1. The topological polar surface area (TPSA) is 53.5 Å². The molecule has 5 nitrogen and oxygen atoms in total. The Bertz CT molecular complexity index is 1110. The summed E-state index contributed by atoms with van der Waals surface area (Å²) in [6.07, 6.45) is 4.97. The molecule has 31 heavy (non-hydrogen) atoms. The van der Waals surface area contributed by atoms with Crippen molar-refractivity contribution >= 4 is 15.7 Å². The fourth-order valence-electron chi connectivity index (χ4n) is 4.14. The summed E-state index contributed by atoms with van der Waals surface area (Å²) >= 11 is 0. The number of nitrogens with zero attached hydrogens (tertiary/aromatic N) is 3. The molecule has 0 amide bonds. The minimum absolute atomic E-state index is 0.191. The fourth-order valence-corrected chi connectivity index (χ4v) is 6.08. The van der Waals surface area contributed by atoms with Gasteiger partial charge in [-0.3, -0.25) is 14.2 Å². The highest BCUT2D eigenvalue weighted by atomic mass is 32.2. The van der Waals surface area contributed by atoms with Gasteiger partial charge in [-0.1, -0.05) is 18.2 Å². The van der Waals surface area contributed by atoms with E-state index in [1.54, 1.807) is 49.6 Å². The predicted molar refractivity (Wildman–Crippen MR) is 120 cm³/mol. The van der Waals surface area contributed by atoms with Crippen LogP contribution in [-0.2, 0) is 16.6 Å². The van der Waals surface area contributed by atoms with Crippen LogP contribution >= 0.6 is 0 Å². The Morgan fingerprint density at radius 3 is 2.29 bits per heavy atom. The largest absolute Gasteiger partial charge is 0.299 e. The smallest absolute Gasteiger partial charge is 0.264 e. The molecule has 0 unspecified atom stereocenters. The summed E-state index contributed by atoms with van der Waals surface area (Å²) in [5.74, 6) is -0.385. The molecule has 0 saturated carbocycles. The van der Waals surface area contributed by atoms with E-state index < -0.39 is 10.0 Å². The zero-order chi connectivity index (χ0) is 21.8. The molecule has 0 atom stereocenters. The lowest BCUT2D eigenvalue weighted by atomic mass is 10.0. The van der Waals surface area contributed by atoms with Gasteiger partial charge in [0.2, 0.25) is 0 Å². The molecule has 1 fully saturated rings. The van der Waals surface area contributed by atoms with Crippen molar-refractivity contribution in [2.24, 2.45) is 0 Å². The van der Waals surface area contributed by atoms with Crippen molar-refractivity contribution in [3.63, 3.8) is 0 Å². The number of piperidine rings is 1. The average molecular weight is 440 g/mol. The average Bonchev–Trinajstić information content (AvgIpc) is 2.77. The van der Waals surface area contributed by atoms with E-state index in [-0.39, 0.29) is 11.9 Å². The van der Waals surface area contributed by atoms with Crippen LogP contribution in [0.15, 0.2) is 78.0 Å². The first kappa shape index (κ1) is 21.5. The molecule has 0 spiro atoms. The number of hydrogen-bond donors (Lipinski definition) is 0. The molecule has 3 aromatic rings. The Balaban J connectivity index is 1.60. The van der Waals surface area contributed by atoms with Gasteiger partial charge in [0.25, 0.3) is 10.0 Å². The van der Waals surface area contributed by atoms with Gasteiger partial charge in [-0.05, 0) is 73.4 Å². The highest BCUT2D eigenvalue weighted by Gasteiger charge is 2.34. The monoisotopic (exact) mass is 439 g/mol. The maximum atomic E-state index is 13.7. The Kier molecular flexibility index (Phi) is 6.34. The van der Waals surface area contributed by atoms with Crippen LogP contribution in [0.3, 0.4) is 0 Å². The Morgan fingerprint density at radius 1 is 1.00 bits per heavy atom. The lowest BCUT2D eigenvalue weighted by molar-refractivity contribution is 0.206. The van der Waals surface area contributed by atoms with Crippen LogP contribution in [0, 0.1) is 12.7 Å². The number of halogens is 1. The van der Waals surface area contributed by atoms with E-state index >= 15 is 0 Å². The van der Waals surface area contributed by atoms with Gasteiger partial charge in [0.15, 0.2) is 0 Å². The summed E-state index contributed by atoms with van der Waals surface area (Å²) in [5.41, 5.74) is 2.39. The number of likely N-dealkylation sites (tertiary alicyclic amines) is 1. The van der Waals surface area contributed by atoms with Crippen molar-refractivity contribution in [3.8, 4) is 0 Å². The number of benzene rings is 2. The van der Waals surface area contributed by atoms with Gasteiger partial charge in [0, 0.05) is 38.1 Å². The van der Waals surface area contributed by atoms with E-state index in [0.717, 1.165) is 19.6 Å². The second-order valence-electron chi connectivity index (χ2n) is 7.91. The molecule has 7 heteroatoms. The molecule has 1 aromatic heterocycles. The second kappa shape index (κ2) is 9.16. The van der Waals surface area contributed by atoms with Gasteiger partial charge in [-0.2, -0.15) is 0 Å². The Hall–Kier alpha value is -2.77. The summed E-state index contributed by atoms with van der Waals surface area (Å²) in [5, 5.41) is 0. The molecule has 1 aliphatic heterocycles. The van der Waals surface area contributed by atoms with Gasteiger partial charge in [0.05, 0.1) is 10.6 Å². The molecular weight excluding hydrogens is 413 g/mol. The standard InChI is InChI=1S/C24H26FN3O2S/c1-19-4-2-3-5-24(19)31(29,30)28(22-8-6-21(25)7-9-22)23-12-16-27(17-13-23)18-20-10-14-26-15-11-20/h2-11,14-15,23H,12-13,16-18H2,1H3. The third kappa shape index (κ3) is 4.78. The summed E-state index contributed by atoms with van der Waals surface area (Å²) in [6, 6.07) is 16.5. The van der Waals surface area contributed by atoms with Crippen LogP contribution in [0.2, 0.25) is 0 Å². The zero-order valence-electron chi connectivity index (χ0n) is 17.5. The third-order valence-corrected chi connectivity index (χ3v) is 7.80. The van der Waals surface area contributed by atoms with Crippen molar-refractivity contribution in [2.75, 3.05) is 17.4 Å². The van der Waals surface area contributed by atoms with Crippen molar-refractivity contribution < 1.29 is 12.8 Å². The summed E-state index contributed by atoms with van der Waals surface area (Å²) in [7, 11) is -3.79. The SMILES string of the molecule is Cc1ccccc1S(=O)(=O)N(c1ccc(F)cc1)C1CCN(Cc2ccncc2)CC1. The lowest BCUT2D eigenvalue weighted by Gasteiger charge is -2.39. The molecule has 0 aliphatic carbocycles. The molecule has 0 radical (unpaired) electrons. The van der Waals surface area contributed by atoms with Crippen LogP contribution in [0.1, 0.15) is 24.0 Å². The molecule has 0 N–H and O–H groups in total. The van der Waals surface area contributed by atoms with Crippen LogP contribution < -0.4 is 4.31 Å². The van der Waals surface area contributed by atoms with E-state index in [4.69, 9.17) is 0 Å². The molecule has 4 rings (SSSR count). The molecule has 1 saturated heterocycles. The summed E-state index contributed by atoms with van der Waals surface area (Å²) in [4.78, 5) is 6.68. The van der Waals surface area contributed by atoms with Gasteiger partial charge >= 0.3 is 0 Å². The maximum Gasteiger partial charge on any atom is 0.264 e. The minimum atomic E-state index is -3.79. The molecule has 2 aromatic carbocycles. The zero-order valence-corrected chi connectivity index (χ0v) is 18.3. The highest BCUT2D eigenvalue weighted by Crippen LogP contribution is 2.32. The number of rotatable bonds is 6. The maximum absolute atomic E-state index is 13.7. The van der Waals surface area contributed by atoms with Crippen LogP contribution in [-0.4, -0.2) is 37.4 Å². The van der Waals surface area contributed by atoms with E-state index in [2.05, 4.69) is 9.88 Å². The lowest BCUT2D eigenvalue weighted by Crippen LogP contribution is -2.47. The second-order valence-corrected chi connectivity index (χ2v) is 9.69.